The molecule has 8 heteroatoms. The van der Waals surface area contributed by atoms with Gasteiger partial charge in [0.2, 0.25) is 0 Å². The van der Waals surface area contributed by atoms with Gasteiger partial charge in [-0.15, -0.1) is 0 Å². The first kappa shape index (κ1) is 18.9. The molecule has 2 fully saturated rings. The van der Waals surface area contributed by atoms with Crippen LogP contribution in [0.15, 0.2) is 36.5 Å². The molecule has 0 aliphatic carbocycles. The predicted molar refractivity (Wildman–Crippen MR) is 98.2 cm³/mol. The quantitative estimate of drug-likeness (QED) is 0.788. The fourth-order valence-electron chi connectivity index (χ4n) is 4.29. The van der Waals surface area contributed by atoms with Crippen molar-refractivity contribution in [2.24, 2.45) is 5.90 Å². The van der Waals surface area contributed by atoms with Gasteiger partial charge in [-0.05, 0) is 49.6 Å². The van der Waals surface area contributed by atoms with Gasteiger partial charge in [0.1, 0.15) is 11.9 Å². The zero-order valence-corrected chi connectivity index (χ0v) is 15.4. The molecule has 0 spiro atoms. The Morgan fingerprint density at radius 3 is 2.36 bits per heavy atom. The van der Waals surface area contributed by atoms with Crippen molar-refractivity contribution in [3.63, 3.8) is 0 Å². The summed E-state index contributed by atoms with van der Waals surface area (Å²) in [6, 6.07) is 8.57. The lowest BCUT2D eigenvalue weighted by molar-refractivity contribution is -0.137. The van der Waals surface area contributed by atoms with Crippen molar-refractivity contribution in [3.8, 4) is 11.5 Å². The van der Waals surface area contributed by atoms with Crippen molar-refractivity contribution in [1.82, 2.24) is 4.98 Å². The predicted octanol–water partition coefficient (Wildman–Crippen LogP) is 4.24. The van der Waals surface area contributed by atoms with Crippen LogP contribution >= 0.6 is 0 Å². The number of aryl methyl sites for hydroxylation is 1. The molecule has 2 aromatic rings. The molecule has 2 N–H and O–H groups in total. The van der Waals surface area contributed by atoms with Crippen LogP contribution in [0, 0.1) is 6.92 Å². The smallest absolute Gasteiger partial charge is 0.417 e. The minimum absolute atomic E-state index is 0.000181. The molecule has 0 unspecified atom stereocenters. The molecule has 0 amide bonds. The van der Waals surface area contributed by atoms with E-state index in [4.69, 9.17) is 15.5 Å². The molecule has 0 saturated carbocycles. The number of halogens is 3. The van der Waals surface area contributed by atoms with Crippen molar-refractivity contribution in [3.05, 3.63) is 47.7 Å². The summed E-state index contributed by atoms with van der Waals surface area (Å²) >= 11 is 0. The summed E-state index contributed by atoms with van der Waals surface area (Å²) in [5, 5.41) is 0. The highest BCUT2D eigenvalue weighted by Crippen LogP contribution is 2.41. The van der Waals surface area contributed by atoms with Crippen LogP contribution < -0.4 is 20.4 Å². The van der Waals surface area contributed by atoms with Gasteiger partial charge in [-0.3, -0.25) is 0 Å². The van der Waals surface area contributed by atoms with Crippen molar-refractivity contribution in [2.45, 2.75) is 57.0 Å². The molecule has 150 valence electrons. The number of pyridine rings is 1. The number of benzene rings is 1. The van der Waals surface area contributed by atoms with E-state index in [1.807, 2.05) is 25.1 Å². The van der Waals surface area contributed by atoms with Crippen molar-refractivity contribution < 1.29 is 22.7 Å². The van der Waals surface area contributed by atoms with Crippen LogP contribution in [0.3, 0.4) is 0 Å². The highest BCUT2D eigenvalue weighted by molar-refractivity contribution is 5.46. The summed E-state index contributed by atoms with van der Waals surface area (Å²) in [6.45, 7) is 1.95. The van der Waals surface area contributed by atoms with Crippen molar-refractivity contribution >= 4 is 5.82 Å². The third-order valence-electron chi connectivity index (χ3n) is 5.55. The van der Waals surface area contributed by atoms with Gasteiger partial charge in [0, 0.05) is 31.1 Å². The second kappa shape index (κ2) is 7.16. The summed E-state index contributed by atoms with van der Waals surface area (Å²) in [5.74, 6) is 7.06. The molecule has 2 aliphatic rings. The number of nitrogens with two attached hydrogens (primary N) is 1. The molecule has 3 heterocycles. The lowest BCUT2D eigenvalue weighted by Crippen LogP contribution is -2.46. The first-order valence-electron chi connectivity index (χ1n) is 9.31. The zero-order chi connectivity index (χ0) is 19.9. The second-order valence-electron chi connectivity index (χ2n) is 7.47. The number of rotatable bonds is 4. The molecular weight excluding hydrogens is 371 g/mol. The Balaban J connectivity index is 1.48. The van der Waals surface area contributed by atoms with Crippen LogP contribution in [0.2, 0.25) is 0 Å². The van der Waals surface area contributed by atoms with Gasteiger partial charge in [-0.1, -0.05) is 6.07 Å². The lowest BCUT2D eigenvalue weighted by Gasteiger charge is -2.39. The van der Waals surface area contributed by atoms with Crippen LogP contribution in [0.25, 0.3) is 0 Å². The molecule has 3 atom stereocenters. The van der Waals surface area contributed by atoms with E-state index >= 15 is 0 Å². The van der Waals surface area contributed by atoms with E-state index in [1.165, 1.54) is 6.07 Å². The fraction of sp³-hybridized carbons (Fsp3) is 0.450. The van der Waals surface area contributed by atoms with Gasteiger partial charge in [0.05, 0.1) is 5.56 Å². The van der Waals surface area contributed by atoms with Crippen LogP contribution in [0.4, 0.5) is 19.0 Å². The minimum Gasteiger partial charge on any atom is -0.486 e. The van der Waals surface area contributed by atoms with E-state index in [1.54, 1.807) is 0 Å². The van der Waals surface area contributed by atoms with E-state index in [0.29, 0.717) is 17.3 Å². The molecule has 5 nitrogen and oxygen atoms in total. The Labute approximate surface area is 161 Å². The van der Waals surface area contributed by atoms with Gasteiger partial charge in [0.25, 0.3) is 0 Å². The Kier molecular flexibility index (Phi) is 4.82. The van der Waals surface area contributed by atoms with Crippen LogP contribution in [0.1, 0.15) is 36.8 Å². The Bertz CT molecular complexity index is 828. The number of nitrogens with zero attached hydrogens (tertiary/aromatic N) is 2. The number of fused-ring (bicyclic) bond motifs is 2. The van der Waals surface area contributed by atoms with E-state index < -0.39 is 11.7 Å². The Morgan fingerprint density at radius 1 is 1.07 bits per heavy atom. The van der Waals surface area contributed by atoms with Crippen LogP contribution in [-0.2, 0) is 6.18 Å². The van der Waals surface area contributed by atoms with E-state index in [0.717, 1.165) is 43.5 Å². The SMILES string of the molecule is Cc1ccc(O[C@H]2C[C@H]3CC[C@@H](C2)N3c2ccc(C(F)(F)F)cn2)c(ON)c1. The largest absolute Gasteiger partial charge is 0.486 e. The maximum atomic E-state index is 12.8. The summed E-state index contributed by atoms with van der Waals surface area (Å²) < 4.78 is 44.5. The second-order valence-corrected chi connectivity index (χ2v) is 7.47. The molecule has 2 saturated heterocycles. The Morgan fingerprint density at radius 2 is 1.79 bits per heavy atom. The number of piperidine rings is 1. The highest BCUT2D eigenvalue weighted by atomic mass is 19.4. The topological polar surface area (TPSA) is 60.6 Å². The first-order chi connectivity index (χ1) is 13.3. The molecule has 2 bridgehead atoms. The van der Waals surface area contributed by atoms with Gasteiger partial charge in [-0.2, -0.15) is 19.1 Å². The van der Waals surface area contributed by atoms with Crippen molar-refractivity contribution in [2.75, 3.05) is 4.90 Å². The molecule has 28 heavy (non-hydrogen) atoms. The molecule has 1 aromatic carbocycles. The average Bonchev–Trinajstić information content (AvgIpc) is 2.93. The third-order valence-corrected chi connectivity index (χ3v) is 5.55. The zero-order valence-electron chi connectivity index (χ0n) is 15.4. The van der Waals surface area contributed by atoms with Gasteiger partial charge in [0.15, 0.2) is 11.5 Å². The number of alkyl halides is 3. The van der Waals surface area contributed by atoms with E-state index in [9.17, 15) is 13.2 Å². The molecule has 1 aromatic heterocycles. The summed E-state index contributed by atoms with van der Waals surface area (Å²) in [7, 11) is 0. The molecule has 0 radical (unpaired) electrons. The molecule has 2 aliphatic heterocycles. The average molecular weight is 393 g/mol. The Hall–Kier alpha value is -2.48. The van der Waals surface area contributed by atoms with Gasteiger partial charge < -0.3 is 14.5 Å². The number of hydrogen-bond donors (Lipinski definition) is 1. The number of hydrogen-bond acceptors (Lipinski definition) is 5. The van der Waals surface area contributed by atoms with E-state index in [-0.39, 0.29) is 18.2 Å². The normalized spacial score (nSPS) is 24.3. The molecular formula is C20H22F3N3O2. The number of ether oxygens (including phenoxy) is 1. The number of anilines is 1. The summed E-state index contributed by atoms with van der Waals surface area (Å²) in [5.41, 5.74) is 0.298. The van der Waals surface area contributed by atoms with Crippen LogP contribution in [0.5, 0.6) is 11.5 Å². The first-order valence-corrected chi connectivity index (χ1v) is 9.31. The summed E-state index contributed by atoms with van der Waals surface area (Å²) in [4.78, 5) is 11.2. The van der Waals surface area contributed by atoms with Crippen molar-refractivity contribution in [1.29, 1.82) is 0 Å². The lowest BCUT2D eigenvalue weighted by atomic mass is 9.99. The maximum Gasteiger partial charge on any atom is 0.417 e. The number of aromatic nitrogens is 1. The van der Waals surface area contributed by atoms with Gasteiger partial charge in [-0.25, -0.2) is 4.98 Å². The standard InChI is InChI=1S/C20H22F3N3O2/c1-12-2-6-17(18(8-12)28-24)27-16-9-14-4-5-15(10-16)26(14)19-7-3-13(11-25-19)20(21,22)23/h2-3,6-8,11,14-16H,4-5,9-10,24H2,1H3/t14-,15+,16+. The summed E-state index contributed by atoms with van der Waals surface area (Å²) in [6.07, 6.45) is 0.0351. The fourth-order valence-corrected chi connectivity index (χ4v) is 4.29. The van der Waals surface area contributed by atoms with E-state index in [2.05, 4.69) is 9.88 Å². The van der Waals surface area contributed by atoms with Gasteiger partial charge >= 0.3 is 6.18 Å². The highest BCUT2D eigenvalue weighted by Gasteiger charge is 2.42. The maximum absolute atomic E-state index is 12.8. The third kappa shape index (κ3) is 3.61. The van der Waals surface area contributed by atoms with Crippen LogP contribution in [-0.4, -0.2) is 23.2 Å². The monoisotopic (exact) mass is 393 g/mol. The minimum atomic E-state index is -4.37. The molecule has 4 rings (SSSR count).